The Morgan fingerprint density at radius 1 is 1.56 bits per heavy atom. The highest BCUT2D eigenvalue weighted by Crippen LogP contribution is 2.22. The summed E-state index contributed by atoms with van der Waals surface area (Å²) in [4.78, 5) is 0. The van der Waals surface area contributed by atoms with Crippen molar-refractivity contribution in [2.45, 2.75) is 26.9 Å². The van der Waals surface area contributed by atoms with Crippen LogP contribution in [0.4, 0.5) is 0 Å². The topological polar surface area (TPSA) is 9.23 Å². The van der Waals surface area contributed by atoms with Crippen molar-refractivity contribution in [2.75, 3.05) is 7.11 Å². The molecule has 0 saturated heterocycles. The van der Waals surface area contributed by atoms with Gasteiger partial charge in [0.2, 0.25) is 0 Å². The van der Waals surface area contributed by atoms with Crippen LogP contribution >= 0.6 is 0 Å². The molecule has 0 N–H and O–H groups in total. The fourth-order valence-corrected chi connectivity index (χ4v) is 0.470. The predicted molar refractivity (Wildman–Crippen MR) is 40.4 cm³/mol. The van der Waals surface area contributed by atoms with Crippen LogP contribution in [0.25, 0.3) is 0 Å². The van der Waals surface area contributed by atoms with E-state index in [1.807, 2.05) is 13.0 Å². The summed E-state index contributed by atoms with van der Waals surface area (Å²) >= 11 is 0. The van der Waals surface area contributed by atoms with E-state index < -0.39 is 0 Å². The number of hydrogen-bond donors (Lipinski definition) is 0. The molecule has 0 aliphatic carbocycles. The van der Waals surface area contributed by atoms with E-state index in [0.29, 0.717) is 0 Å². The zero-order chi connectivity index (χ0) is 7.49. The maximum Gasteiger partial charge on any atom is 0.0628 e. The fraction of sp³-hybridized carbons (Fsp3) is 0.750. The van der Waals surface area contributed by atoms with Gasteiger partial charge in [0, 0.05) is 12.5 Å². The van der Waals surface area contributed by atoms with Gasteiger partial charge in [-0.25, -0.2) is 0 Å². The average molecular weight is 128 g/mol. The molecule has 0 aliphatic rings. The summed E-state index contributed by atoms with van der Waals surface area (Å²) < 4.78 is 5.13. The normalized spacial score (nSPS) is 15.1. The molecule has 1 atom stereocenters. The summed E-state index contributed by atoms with van der Waals surface area (Å²) in [5, 5.41) is 0. The molecule has 1 nitrogen and oxygen atoms in total. The van der Waals surface area contributed by atoms with Gasteiger partial charge in [0.1, 0.15) is 0 Å². The van der Waals surface area contributed by atoms with Crippen LogP contribution in [0.5, 0.6) is 0 Å². The lowest BCUT2D eigenvalue weighted by atomic mass is 9.88. The van der Waals surface area contributed by atoms with Crippen molar-refractivity contribution in [1.82, 2.24) is 0 Å². The maximum atomic E-state index is 5.13. The van der Waals surface area contributed by atoms with Gasteiger partial charge < -0.3 is 4.74 Å². The van der Waals surface area contributed by atoms with Crippen LogP contribution in [0.1, 0.15) is 20.8 Å². The molecular formula is C8H16O. The number of rotatable bonds is 3. The zero-order valence-corrected chi connectivity index (χ0v) is 6.77. The molecule has 54 valence electrons. The van der Waals surface area contributed by atoms with Gasteiger partial charge in [-0.15, -0.1) is 6.58 Å². The van der Waals surface area contributed by atoms with Crippen LogP contribution in [0.2, 0.25) is 0 Å². The average Bonchev–Trinajstić information content (AvgIpc) is 1.86. The second-order valence-corrected chi connectivity index (χ2v) is 2.90. The van der Waals surface area contributed by atoms with Crippen LogP contribution in [0, 0.1) is 5.41 Å². The van der Waals surface area contributed by atoms with Gasteiger partial charge in [0.05, 0.1) is 6.10 Å². The van der Waals surface area contributed by atoms with Gasteiger partial charge in [-0.1, -0.05) is 19.9 Å². The Balaban J connectivity index is 3.95. The van der Waals surface area contributed by atoms with Gasteiger partial charge in [-0.05, 0) is 6.92 Å². The summed E-state index contributed by atoms with van der Waals surface area (Å²) in [5.41, 5.74) is 0.0920. The Morgan fingerprint density at radius 3 is 2.11 bits per heavy atom. The van der Waals surface area contributed by atoms with E-state index in [4.69, 9.17) is 4.74 Å². The number of ether oxygens (including phenoxy) is 1. The first-order valence-corrected chi connectivity index (χ1v) is 3.21. The molecule has 0 fully saturated rings. The van der Waals surface area contributed by atoms with Gasteiger partial charge in [-0.3, -0.25) is 0 Å². The Morgan fingerprint density at radius 2 is 2.00 bits per heavy atom. The highest BCUT2D eigenvalue weighted by atomic mass is 16.5. The largest absolute Gasteiger partial charge is 0.381 e. The summed E-state index contributed by atoms with van der Waals surface area (Å²) in [6.45, 7) is 9.98. The molecule has 0 spiro atoms. The minimum absolute atomic E-state index is 0.0920. The molecule has 0 rings (SSSR count). The predicted octanol–water partition coefficient (Wildman–Crippen LogP) is 2.23. The first-order valence-electron chi connectivity index (χ1n) is 3.21. The lowest BCUT2D eigenvalue weighted by Crippen LogP contribution is -2.25. The van der Waals surface area contributed by atoms with Crippen LogP contribution in [0.15, 0.2) is 12.7 Å². The Kier molecular flexibility index (Phi) is 2.92. The lowest BCUT2D eigenvalue weighted by molar-refractivity contribution is 0.0465. The van der Waals surface area contributed by atoms with E-state index in [0.717, 1.165) is 0 Å². The van der Waals surface area contributed by atoms with E-state index in [9.17, 15) is 0 Å². The molecule has 0 unspecified atom stereocenters. The van der Waals surface area contributed by atoms with E-state index >= 15 is 0 Å². The third-order valence-electron chi connectivity index (χ3n) is 1.93. The molecular weight excluding hydrogens is 112 g/mol. The smallest absolute Gasteiger partial charge is 0.0628 e. The van der Waals surface area contributed by atoms with Crippen molar-refractivity contribution >= 4 is 0 Å². The lowest BCUT2D eigenvalue weighted by Gasteiger charge is -2.26. The fourth-order valence-electron chi connectivity index (χ4n) is 0.470. The molecule has 9 heavy (non-hydrogen) atoms. The molecule has 0 bridgehead atoms. The SMILES string of the molecule is C=CC(C)(C)[C@H](C)OC. The van der Waals surface area contributed by atoms with Crippen molar-refractivity contribution in [1.29, 1.82) is 0 Å². The van der Waals surface area contributed by atoms with Crippen LogP contribution < -0.4 is 0 Å². The van der Waals surface area contributed by atoms with Crippen molar-refractivity contribution in [3.05, 3.63) is 12.7 Å². The highest BCUT2D eigenvalue weighted by molar-refractivity contribution is 4.91. The quantitative estimate of drug-likeness (QED) is 0.530. The number of methoxy groups -OCH3 is 1. The molecule has 1 heteroatoms. The van der Waals surface area contributed by atoms with Crippen molar-refractivity contribution < 1.29 is 4.74 Å². The van der Waals surface area contributed by atoms with E-state index in [1.54, 1.807) is 7.11 Å². The summed E-state index contributed by atoms with van der Waals surface area (Å²) in [6.07, 6.45) is 2.16. The first-order chi connectivity index (χ1) is 4.04. The Hall–Kier alpha value is -0.300. The third kappa shape index (κ3) is 2.19. The van der Waals surface area contributed by atoms with Crippen molar-refractivity contribution in [3.8, 4) is 0 Å². The van der Waals surface area contributed by atoms with Crippen LogP contribution in [-0.4, -0.2) is 13.2 Å². The second kappa shape index (κ2) is 3.02. The molecule has 0 saturated carbocycles. The molecule has 0 aromatic carbocycles. The molecule has 0 aromatic heterocycles. The first kappa shape index (κ1) is 8.70. The maximum absolute atomic E-state index is 5.13. The third-order valence-corrected chi connectivity index (χ3v) is 1.93. The van der Waals surface area contributed by atoms with Crippen LogP contribution in [-0.2, 0) is 4.74 Å². The standard InChI is InChI=1S/C8H16O/c1-6-8(3,4)7(2)9-5/h6-7H,1H2,2-5H3/t7-/m0/s1. The van der Waals surface area contributed by atoms with Crippen molar-refractivity contribution in [2.24, 2.45) is 5.41 Å². The van der Waals surface area contributed by atoms with E-state index in [2.05, 4.69) is 20.4 Å². The van der Waals surface area contributed by atoms with Gasteiger partial charge >= 0.3 is 0 Å². The Bertz CT molecular complexity index is 94.7. The molecule has 0 amide bonds. The van der Waals surface area contributed by atoms with E-state index in [-0.39, 0.29) is 11.5 Å². The van der Waals surface area contributed by atoms with Gasteiger partial charge in [-0.2, -0.15) is 0 Å². The minimum Gasteiger partial charge on any atom is -0.381 e. The number of hydrogen-bond acceptors (Lipinski definition) is 1. The zero-order valence-electron chi connectivity index (χ0n) is 6.77. The monoisotopic (exact) mass is 128 g/mol. The molecule has 0 radical (unpaired) electrons. The van der Waals surface area contributed by atoms with Gasteiger partial charge in [0.25, 0.3) is 0 Å². The van der Waals surface area contributed by atoms with Gasteiger partial charge in [0.15, 0.2) is 0 Å². The Labute approximate surface area is 57.7 Å². The minimum atomic E-state index is 0.0920. The van der Waals surface area contributed by atoms with E-state index in [1.165, 1.54) is 0 Å². The molecule has 0 heterocycles. The van der Waals surface area contributed by atoms with Crippen LogP contribution in [0.3, 0.4) is 0 Å². The molecule has 0 aromatic rings. The van der Waals surface area contributed by atoms with Crippen molar-refractivity contribution in [3.63, 3.8) is 0 Å². The summed E-state index contributed by atoms with van der Waals surface area (Å²) in [6, 6.07) is 0. The second-order valence-electron chi connectivity index (χ2n) is 2.90. The summed E-state index contributed by atoms with van der Waals surface area (Å²) in [5.74, 6) is 0. The highest BCUT2D eigenvalue weighted by Gasteiger charge is 2.20. The summed E-state index contributed by atoms with van der Waals surface area (Å²) in [7, 11) is 1.72. The molecule has 0 aliphatic heterocycles.